The molecule has 0 bridgehead atoms. The van der Waals surface area contributed by atoms with Crippen LogP contribution in [-0.4, -0.2) is 27.4 Å². The number of anilines is 1. The fourth-order valence-electron chi connectivity index (χ4n) is 2.95. The van der Waals surface area contributed by atoms with E-state index in [-0.39, 0.29) is 10.8 Å². The lowest BCUT2D eigenvalue weighted by atomic mass is 10.0. The molecule has 7 heteroatoms. The first-order chi connectivity index (χ1) is 11.9. The van der Waals surface area contributed by atoms with Crippen LogP contribution in [0.2, 0.25) is 5.02 Å². The number of fused-ring (bicyclic) bond motifs is 1. The highest BCUT2D eigenvalue weighted by atomic mass is 35.5. The van der Waals surface area contributed by atoms with Crippen molar-refractivity contribution in [3.8, 4) is 0 Å². The Labute approximate surface area is 152 Å². The molecule has 25 heavy (non-hydrogen) atoms. The van der Waals surface area contributed by atoms with Crippen molar-refractivity contribution in [1.82, 2.24) is 5.32 Å². The Bertz CT molecular complexity index is 895. The van der Waals surface area contributed by atoms with Gasteiger partial charge in [-0.05, 0) is 67.8 Å². The van der Waals surface area contributed by atoms with E-state index in [1.54, 1.807) is 30.3 Å². The molecule has 0 radical (unpaired) electrons. The maximum absolute atomic E-state index is 13.0. The first-order valence-electron chi connectivity index (χ1n) is 8.13. The molecule has 1 aliphatic heterocycles. The Morgan fingerprint density at radius 2 is 1.92 bits per heavy atom. The van der Waals surface area contributed by atoms with E-state index in [4.69, 9.17) is 11.6 Å². The highest BCUT2D eigenvalue weighted by molar-refractivity contribution is 7.92. The smallest absolute Gasteiger partial charge is 0.264 e. The van der Waals surface area contributed by atoms with Gasteiger partial charge in [0.05, 0.1) is 10.6 Å². The third kappa shape index (κ3) is 3.50. The van der Waals surface area contributed by atoms with Gasteiger partial charge in [0.2, 0.25) is 0 Å². The number of hydrogen-bond donors (Lipinski definition) is 1. The van der Waals surface area contributed by atoms with E-state index in [1.165, 1.54) is 16.4 Å². The van der Waals surface area contributed by atoms with Crippen molar-refractivity contribution in [3.05, 3.63) is 58.6 Å². The first-order valence-corrected chi connectivity index (χ1v) is 9.94. The van der Waals surface area contributed by atoms with Crippen molar-refractivity contribution in [2.45, 2.75) is 24.7 Å². The summed E-state index contributed by atoms with van der Waals surface area (Å²) in [5.74, 6) is -0.150. The number of rotatable bonds is 4. The van der Waals surface area contributed by atoms with Gasteiger partial charge in [0.25, 0.3) is 15.9 Å². The third-order valence-electron chi connectivity index (χ3n) is 4.16. The Morgan fingerprint density at radius 1 is 1.20 bits per heavy atom. The molecule has 1 aliphatic rings. The molecule has 0 aliphatic carbocycles. The lowest BCUT2D eigenvalue weighted by molar-refractivity contribution is 0.0955. The van der Waals surface area contributed by atoms with E-state index < -0.39 is 10.0 Å². The van der Waals surface area contributed by atoms with Gasteiger partial charge in [-0.15, -0.1) is 0 Å². The standard InChI is InChI=1S/C18H19ClN2O3S/c1-2-20-18(22)14-5-10-17-13(12-14)4-3-11-21(17)25(23,24)16-8-6-15(19)7-9-16/h5-10,12H,2-4,11H2,1H3,(H,20,22). The van der Waals surface area contributed by atoms with Crippen LogP contribution < -0.4 is 9.62 Å². The minimum atomic E-state index is -3.66. The average molecular weight is 379 g/mol. The molecule has 1 heterocycles. The van der Waals surface area contributed by atoms with Crippen molar-refractivity contribution in [2.75, 3.05) is 17.4 Å². The third-order valence-corrected chi connectivity index (χ3v) is 6.24. The first kappa shape index (κ1) is 17.8. The molecule has 0 aromatic heterocycles. The molecule has 0 saturated heterocycles. The van der Waals surface area contributed by atoms with Crippen LogP contribution in [0.1, 0.15) is 29.3 Å². The van der Waals surface area contributed by atoms with Crippen LogP contribution in [-0.2, 0) is 16.4 Å². The number of aryl methyl sites for hydroxylation is 1. The van der Waals surface area contributed by atoms with E-state index in [1.807, 2.05) is 6.92 Å². The zero-order valence-corrected chi connectivity index (χ0v) is 15.4. The van der Waals surface area contributed by atoms with Gasteiger partial charge in [-0.1, -0.05) is 11.6 Å². The molecule has 1 N–H and O–H groups in total. The SMILES string of the molecule is CCNC(=O)c1ccc2c(c1)CCCN2S(=O)(=O)c1ccc(Cl)cc1. The highest BCUT2D eigenvalue weighted by Crippen LogP contribution is 2.33. The number of carbonyl (C=O) groups is 1. The summed E-state index contributed by atoms with van der Waals surface area (Å²) in [7, 11) is -3.66. The molecular weight excluding hydrogens is 360 g/mol. The predicted octanol–water partition coefficient (Wildman–Crippen LogP) is 3.23. The fourth-order valence-corrected chi connectivity index (χ4v) is 4.62. The number of halogens is 1. The molecule has 132 valence electrons. The zero-order chi connectivity index (χ0) is 18.0. The maximum atomic E-state index is 13.0. The summed E-state index contributed by atoms with van der Waals surface area (Å²) in [4.78, 5) is 12.2. The van der Waals surface area contributed by atoms with Crippen molar-refractivity contribution < 1.29 is 13.2 Å². The second-order valence-electron chi connectivity index (χ2n) is 5.84. The van der Waals surface area contributed by atoms with Gasteiger partial charge in [-0.3, -0.25) is 9.10 Å². The van der Waals surface area contributed by atoms with E-state index >= 15 is 0 Å². The summed E-state index contributed by atoms with van der Waals surface area (Å²) in [5.41, 5.74) is 2.05. The quantitative estimate of drug-likeness (QED) is 0.888. The van der Waals surface area contributed by atoms with Gasteiger partial charge in [0.15, 0.2) is 0 Å². The van der Waals surface area contributed by atoms with Crippen molar-refractivity contribution >= 4 is 33.2 Å². The van der Waals surface area contributed by atoms with Crippen LogP contribution in [0.15, 0.2) is 47.4 Å². The van der Waals surface area contributed by atoms with E-state index in [0.717, 1.165) is 12.0 Å². The molecule has 0 atom stereocenters. The van der Waals surface area contributed by atoms with Crippen LogP contribution in [0, 0.1) is 0 Å². The zero-order valence-electron chi connectivity index (χ0n) is 13.8. The summed E-state index contributed by atoms with van der Waals surface area (Å²) in [6.07, 6.45) is 1.45. The van der Waals surface area contributed by atoms with Crippen molar-refractivity contribution in [3.63, 3.8) is 0 Å². The minimum Gasteiger partial charge on any atom is -0.352 e. The second kappa shape index (κ2) is 7.06. The summed E-state index contributed by atoms with van der Waals surface area (Å²) < 4.78 is 27.4. The van der Waals surface area contributed by atoms with E-state index in [0.29, 0.717) is 35.8 Å². The minimum absolute atomic E-state index is 0.150. The van der Waals surface area contributed by atoms with Crippen LogP contribution in [0.3, 0.4) is 0 Å². The number of amides is 1. The van der Waals surface area contributed by atoms with Gasteiger partial charge < -0.3 is 5.32 Å². The Morgan fingerprint density at radius 3 is 2.60 bits per heavy atom. The van der Waals surface area contributed by atoms with Gasteiger partial charge in [-0.2, -0.15) is 0 Å². The van der Waals surface area contributed by atoms with Gasteiger partial charge >= 0.3 is 0 Å². The van der Waals surface area contributed by atoms with Gasteiger partial charge in [-0.25, -0.2) is 8.42 Å². The molecular formula is C18H19ClN2O3S. The molecule has 0 unspecified atom stereocenters. The number of hydrogen-bond acceptors (Lipinski definition) is 3. The molecule has 2 aromatic carbocycles. The van der Waals surface area contributed by atoms with E-state index in [9.17, 15) is 13.2 Å². The molecule has 2 aromatic rings. The summed E-state index contributed by atoms with van der Waals surface area (Å²) in [5, 5.41) is 3.25. The van der Waals surface area contributed by atoms with Crippen LogP contribution >= 0.6 is 11.6 Å². The summed E-state index contributed by atoms with van der Waals surface area (Å²) >= 11 is 5.86. The maximum Gasteiger partial charge on any atom is 0.264 e. The van der Waals surface area contributed by atoms with Crippen LogP contribution in [0.4, 0.5) is 5.69 Å². The monoisotopic (exact) mass is 378 g/mol. The lowest BCUT2D eigenvalue weighted by Gasteiger charge is -2.30. The van der Waals surface area contributed by atoms with Crippen molar-refractivity contribution in [1.29, 1.82) is 0 Å². The Hall–Kier alpha value is -2.05. The number of sulfonamides is 1. The average Bonchev–Trinajstić information content (AvgIpc) is 2.61. The van der Waals surface area contributed by atoms with Crippen LogP contribution in [0.25, 0.3) is 0 Å². The second-order valence-corrected chi connectivity index (χ2v) is 8.14. The van der Waals surface area contributed by atoms with Crippen LogP contribution in [0.5, 0.6) is 0 Å². The fraction of sp³-hybridized carbons (Fsp3) is 0.278. The van der Waals surface area contributed by atoms with Gasteiger partial charge in [0, 0.05) is 23.7 Å². The normalized spacial score (nSPS) is 14.1. The number of nitrogens with zero attached hydrogens (tertiary/aromatic N) is 1. The number of carbonyl (C=O) groups excluding carboxylic acids is 1. The molecule has 0 fully saturated rings. The van der Waals surface area contributed by atoms with Gasteiger partial charge in [0.1, 0.15) is 0 Å². The molecule has 0 saturated carbocycles. The molecule has 3 rings (SSSR count). The topological polar surface area (TPSA) is 66.5 Å². The number of benzene rings is 2. The predicted molar refractivity (Wildman–Crippen MR) is 98.8 cm³/mol. The van der Waals surface area contributed by atoms with Crippen molar-refractivity contribution in [2.24, 2.45) is 0 Å². The molecule has 1 amide bonds. The van der Waals surface area contributed by atoms with E-state index in [2.05, 4.69) is 5.32 Å². The molecule has 5 nitrogen and oxygen atoms in total. The summed E-state index contributed by atoms with van der Waals surface area (Å²) in [6.45, 7) is 2.82. The number of nitrogens with one attached hydrogen (secondary N) is 1. The largest absolute Gasteiger partial charge is 0.352 e. The Balaban J connectivity index is 1.99. The summed E-state index contributed by atoms with van der Waals surface area (Å²) in [6, 6.07) is 11.3. The highest BCUT2D eigenvalue weighted by Gasteiger charge is 2.29. The molecule has 0 spiro atoms. The lowest BCUT2D eigenvalue weighted by Crippen LogP contribution is -2.35. The Kier molecular flexibility index (Phi) is 5.01.